The zero-order valence-corrected chi connectivity index (χ0v) is 19.3. The molecule has 29 heavy (non-hydrogen) atoms. The highest BCUT2D eigenvalue weighted by Gasteiger charge is 2.21. The summed E-state index contributed by atoms with van der Waals surface area (Å²) in [5, 5.41) is 8.05. The van der Waals surface area contributed by atoms with Gasteiger partial charge in [0.2, 0.25) is 0 Å². The summed E-state index contributed by atoms with van der Waals surface area (Å²) in [5.41, 5.74) is 2.50. The fourth-order valence-electron chi connectivity index (χ4n) is 3.77. The van der Waals surface area contributed by atoms with E-state index in [-0.39, 0.29) is 30.5 Å². The van der Waals surface area contributed by atoms with Crippen LogP contribution in [0.15, 0.2) is 35.5 Å². The molecule has 5 nitrogen and oxygen atoms in total. The van der Waals surface area contributed by atoms with Gasteiger partial charge >= 0.3 is 0 Å². The highest BCUT2D eigenvalue weighted by Crippen LogP contribution is 2.19. The van der Waals surface area contributed by atoms with E-state index in [4.69, 9.17) is 4.99 Å². The van der Waals surface area contributed by atoms with Crippen LogP contribution < -0.4 is 10.6 Å². The Bertz CT molecular complexity index is 756. The number of guanidine groups is 1. The lowest BCUT2D eigenvalue weighted by Crippen LogP contribution is -2.49. The van der Waals surface area contributed by atoms with Gasteiger partial charge in [0.25, 0.3) is 6.43 Å². The molecule has 8 heteroatoms. The molecule has 1 aliphatic rings. The second kappa shape index (κ2) is 12.3. The van der Waals surface area contributed by atoms with Crippen LogP contribution >= 0.6 is 24.0 Å². The second-order valence-corrected chi connectivity index (χ2v) is 7.33. The summed E-state index contributed by atoms with van der Waals surface area (Å²) in [7, 11) is 0. The molecule has 0 bridgehead atoms. The fraction of sp³-hybridized carbons (Fsp3) is 0.571. The van der Waals surface area contributed by atoms with Gasteiger partial charge in [0, 0.05) is 49.3 Å². The van der Waals surface area contributed by atoms with Gasteiger partial charge in [0.15, 0.2) is 5.96 Å². The van der Waals surface area contributed by atoms with E-state index in [1.165, 1.54) is 16.5 Å². The SMILES string of the molecule is CCNC(=NCCCc1c[nH]c2ccccc12)NC1CCN(CC(F)F)CC1.I. The fourth-order valence-corrected chi connectivity index (χ4v) is 3.77. The summed E-state index contributed by atoms with van der Waals surface area (Å²) < 4.78 is 25.0. The number of halogens is 3. The molecule has 1 fully saturated rings. The number of aromatic nitrogens is 1. The predicted molar refractivity (Wildman–Crippen MR) is 127 cm³/mol. The smallest absolute Gasteiger partial charge is 0.251 e. The van der Waals surface area contributed by atoms with E-state index >= 15 is 0 Å². The molecular formula is C21H32F2IN5. The largest absolute Gasteiger partial charge is 0.361 e. The van der Waals surface area contributed by atoms with Gasteiger partial charge in [-0.15, -0.1) is 24.0 Å². The topological polar surface area (TPSA) is 55.5 Å². The van der Waals surface area contributed by atoms with E-state index in [1.807, 2.05) is 17.9 Å². The van der Waals surface area contributed by atoms with E-state index in [1.54, 1.807) is 0 Å². The lowest BCUT2D eigenvalue weighted by Gasteiger charge is -2.32. The van der Waals surface area contributed by atoms with Gasteiger partial charge in [0.1, 0.15) is 0 Å². The Balaban J connectivity index is 0.00000300. The molecule has 1 aliphatic heterocycles. The van der Waals surface area contributed by atoms with Crippen molar-refractivity contribution in [2.24, 2.45) is 4.99 Å². The number of hydrogen-bond donors (Lipinski definition) is 3. The van der Waals surface area contributed by atoms with Crippen molar-refractivity contribution in [3.05, 3.63) is 36.0 Å². The van der Waals surface area contributed by atoms with Crippen molar-refractivity contribution in [1.29, 1.82) is 0 Å². The third-order valence-corrected chi connectivity index (χ3v) is 5.22. The van der Waals surface area contributed by atoms with Crippen LogP contribution in [0.3, 0.4) is 0 Å². The van der Waals surface area contributed by atoms with Crippen molar-refractivity contribution < 1.29 is 8.78 Å². The predicted octanol–water partition coefficient (Wildman–Crippen LogP) is 4.00. The number of nitrogens with one attached hydrogen (secondary N) is 3. The average molecular weight is 519 g/mol. The number of hydrogen-bond acceptors (Lipinski definition) is 2. The van der Waals surface area contributed by atoms with Crippen LogP contribution in [0.5, 0.6) is 0 Å². The Morgan fingerprint density at radius 3 is 2.76 bits per heavy atom. The number of fused-ring (bicyclic) bond motifs is 1. The number of H-pyrrole nitrogens is 1. The summed E-state index contributed by atoms with van der Waals surface area (Å²) >= 11 is 0. The second-order valence-electron chi connectivity index (χ2n) is 7.33. The molecule has 0 unspecified atom stereocenters. The van der Waals surface area contributed by atoms with Crippen molar-refractivity contribution in [1.82, 2.24) is 20.5 Å². The van der Waals surface area contributed by atoms with Gasteiger partial charge in [-0.2, -0.15) is 0 Å². The van der Waals surface area contributed by atoms with Crippen molar-refractivity contribution >= 4 is 40.8 Å². The molecule has 1 saturated heterocycles. The monoisotopic (exact) mass is 519 g/mol. The molecule has 0 aliphatic carbocycles. The molecule has 0 spiro atoms. The molecule has 0 radical (unpaired) electrons. The Labute approximate surface area is 188 Å². The Morgan fingerprint density at radius 2 is 2.03 bits per heavy atom. The number of rotatable bonds is 8. The number of aromatic amines is 1. The van der Waals surface area contributed by atoms with Gasteiger partial charge in [-0.1, -0.05) is 18.2 Å². The summed E-state index contributed by atoms with van der Waals surface area (Å²) in [6.07, 6.45) is 3.54. The van der Waals surface area contributed by atoms with Crippen LogP contribution in [0, 0.1) is 0 Å². The van der Waals surface area contributed by atoms with Gasteiger partial charge in [-0.25, -0.2) is 8.78 Å². The van der Waals surface area contributed by atoms with Gasteiger partial charge in [-0.05, 0) is 44.2 Å². The van der Waals surface area contributed by atoms with Gasteiger partial charge in [0.05, 0.1) is 6.54 Å². The zero-order valence-electron chi connectivity index (χ0n) is 17.0. The van der Waals surface area contributed by atoms with Crippen molar-refractivity contribution in [2.75, 3.05) is 32.7 Å². The average Bonchev–Trinajstić information content (AvgIpc) is 3.09. The molecule has 0 amide bonds. The highest BCUT2D eigenvalue weighted by molar-refractivity contribution is 14.0. The Morgan fingerprint density at radius 1 is 1.28 bits per heavy atom. The maximum Gasteiger partial charge on any atom is 0.251 e. The quantitative estimate of drug-likeness (QED) is 0.214. The number of alkyl halides is 2. The third-order valence-electron chi connectivity index (χ3n) is 5.22. The van der Waals surface area contributed by atoms with Crippen LogP contribution in [-0.2, 0) is 6.42 Å². The first-order valence-corrected chi connectivity index (χ1v) is 10.3. The number of aliphatic imine (C=N–C) groups is 1. The number of aryl methyl sites for hydroxylation is 1. The van der Waals surface area contributed by atoms with Crippen molar-refractivity contribution in [3.8, 4) is 0 Å². The van der Waals surface area contributed by atoms with Crippen LogP contribution in [-0.4, -0.2) is 61.0 Å². The summed E-state index contributed by atoms with van der Waals surface area (Å²) in [6, 6.07) is 8.64. The Kier molecular flexibility index (Phi) is 10.1. The van der Waals surface area contributed by atoms with Gasteiger partial charge in [-0.3, -0.25) is 9.89 Å². The summed E-state index contributed by atoms with van der Waals surface area (Å²) in [5.74, 6) is 0.828. The van der Waals surface area contributed by atoms with Crippen LogP contribution in [0.25, 0.3) is 10.9 Å². The van der Waals surface area contributed by atoms with E-state index < -0.39 is 6.43 Å². The normalized spacial score (nSPS) is 16.2. The van der Waals surface area contributed by atoms with Gasteiger partial charge < -0.3 is 15.6 Å². The summed E-state index contributed by atoms with van der Waals surface area (Å²) in [4.78, 5) is 9.86. The molecule has 3 N–H and O–H groups in total. The van der Waals surface area contributed by atoms with Crippen LogP contribution in [0.4, 0.5) is 8.78 Å². The Hall–Kier alpha value is -1.42. The molecule has 162 valence electrons. The van der Waals surface area contributed by atoms with Crippen LogP contribution in [0.1, 0.15) is 31.7 Å². The highest BCUT2D eigenvalue weighted by atomic mass is 127. The van der Waals surface area contributed by atoms with E-state index in [0.717, 1.165) is 44.7 Å². The zero-order chi connectivity index (χ0) is 19.8. The van der Waals surface area contributed by atoms with Crippen molar-refractivity contribution in [3.63, 3.8) is 0 Å². The first-order chi connectivity index (χ1) is 13.7. The third kappa shape index (κ3) is 7.40. The summed E-state index contributed by atoms with van der Waals surface area (Å²) in [6.45, 7) is 4.91. The molecule has 1 aromatic heterocycles. The molecule has 2 heterocycles. The maximum atomic E-state index is 12.5. The van der Waals surface area contributed by atoms with E-state index in [2.05, 4.69) is 40.0 Å². The molecule has 0 saturated carbocycles. The first kappa shape index (κ1) is 23.9. The lowest BCUT2D eigenvalue weighted by molar-refractivity contribution is 0.0744. The minimum absolute atomic E-state index is 0. The van der Waals surface area contributed by atoms with Crippen molar-refractivity contribution in [2.45, 2.75) is 45.1 Å². The number of para-hydroxylation sites is 1. The number of nitrogens with zero attached hydrogens (tertiary/aromatic N) is 2. The lowest BCUT2D eigenvalue weighted by atomic mass is 10.1. The standard InChI is InChI=1S/C21H31F2N5.HI/c1-2-24-21(27-17-9-12-28(13-10-17)15-20(22)23)25-11-5-6-16-14-26-19-8-4-3-7-18(16)19;/h3-4,7-8,14,17,20,26H,2,5-6,9-13,15H2,1H3,(H2,24,25,27);1H. The minimum atomic E-state index is -2.25. The molecule has 3 rings (SSSR count). The maximum absolute atomic E-state index is 12.5. The molecule has 1 aromatic carbocycles. The first-order valence-electron chi connectivity index (χ1n) is 10.3. The number of benzene rings is 1. The van der Waals surface area contributed by atoms with E-state index in [0.29, 0.717) is 19.1 Å². The number of piperidine rings is 1. The minimum Gasteiger partial charge on any atom is -0.361 e. The number of likely N-dealkylation sites (tertiary alicyclic amines) is 1. The molecular weight excluding hydrogens is 487 g/mol. The van der Waals surface area contributed by atoms with Crippen LogP contribution in [0.2, 0.25) is 0 Å². The van der Waals surface area contributed by atoms with E-state index in [9.17, 15) is 8.78 Å². The molecule has 0 atom stereocenters. The molecule has 2 aromatic rings.